The first-order valence-corrected chi connectivity index (χ1v) is 4.16. The minimum absolute atomic E-state index is 0.678. The van der Waals surface area contributed by atoms with E-state index in [9.17, 15) is 0 Å². The van der Waals surface area contributed by atoms with Crippen LogP contribution in [-0.4, -0.2) is 6.61 Å². The van der Waals surface area contributed by atoms with Crippen LogP contribution in [0.4, 0.5) is 5.69 Å². The molecule has 2 heteroatoms. The molecule has 12 heavy (non-hydrogen) atoms. The second-order valence-corrected chi connectivity index (χ2v) is 2.83. The van der Waals surface area contributed by atoms with Gasteiger partial charge in [0.2, 0.25) is 0 Å². The van der Waals surface area contributed by atoms with Crippen molar-refractivity contribution in [1.29, 1.82) is 0 Å². The first kappa shape index (κ1) is 9.07. The fraction of sp³-hybridized carbons (Fsp3) is 0.400. The Morgan fingerprint density at radius 3 is 2.75 bits per heavy atom. The van der Waals surface area contributed by atoms with Crippen LogP contribution < -0.4 is 5.73 Å². The molecule has 0 aromatic heterocycles. The highest BCUT2D eigenvalue weighted by molar-refractivity contribution is 5.47. The van der Waals surface area contributed by atoms with E-state index in [1.54, 1.807) is 0 Å². The molecule has 0 aliphatic carbocycles. The van der Waals surface area contributed by atoms with Gasteiger partial charge < -0.3 is 10.5 Å². The van der Waals surface area contributed by atoms with Crippen LogP contribution >= 0.6 is 0 Å². The van der Waals surface area contributed by atoms with Crippen LogP contribution in [0.25, 0.3) is 0 Å². The Bertz CT molecular complexity index is 258. The number of hydrogen-bond donors (Lipinski definition) is 1. The molecule has 0 atom stereocenters. The Morgan fingerprint density at radius 2 is 2.17 bits per heavy atom. The van der Waals surface area contributed by atoms with Gasteiger partial charge in [-0.05, 0) is 31.0 Å². The molecule has 1 rings (SSSR count). The minimum atomic E-state index is 0.678. The topological polar surface area (TPSA) is 35.2 Å². The summed E-state index contributed by atoms with van der Waals surface area (Å²) in [6.07, 6.45) is 0. The van der Waals surface area contributed by atoms with Gasteiger partial charge in [0.05, 0.1) is 6.61 Å². The molecule has 0 saturated carbocycles. The third-order valence-electron chi connectivity index (χ3n) is 1.81. The second-order valence-electron chi connectivity index (χ2n) is 2.83. The number of benzene rings is 1. The van der Waals surface area contributed by atoms with E-state index >= 15 is 0 Å². The molecule has 0 aliphatic rings. The Labute approximate surface area is 73.3 Å². The SMILES string of the molecule is CCOCc1ccc(N)c(C)c1. The summed E-state index contributed by atoms with van der Waals surface area (Å²) in [5, 5.41) is 0. The van der Waals surface area contributed by atoms with Crippen LogP contribution in [-0.2, 0) is 11.3 Å². The maximum absolute atomic E-state index is 5.68. The molecule has 0 amide bonds. The van der Waals surface area contributed by atoms with Crippen molar-refractivity contribution >= 4 is 5.69 Å². The number of rotatable bonds is 3. The Hall–Kier alpha value is -1.02. The molecule has 0 radical (unpaired) electrons. The average Bonchev–Trinajstić information content (AvgIpc) is 2.07. The Kier molecular flexibility index (Phi) is 3.11. The molecule has 1 aromatic rings. The van der Waals surface area contributed by atoms with Crippen LogP contribution in [0.3, 0.4) is 0 Å². The normalized spacial score (nSPS) is 10.2. The molecule has 66 valence electrons. The van der Waals surface area contributed by atoms with Crippen molar-refractivity contribution in [3.63, 3.8) is 0 Å². The monoisotopic (exact) mass is 165 g/mol. The van der Waals surface area contributed by atoms with Crippen LogP contribution in [0.5, 0.6) is 0 Å². The zero-order chi connectivity index (χ0) is 8.97. The van der Waals surface area contributed by atoms with E-state index in [2.05, 4.69) is 6.07 Å². The van der Waals surface area contributed by atoms with E-state index in [1.165, 1.54) is 5.56 Å². The highest BCUT2D eigenvalue weighted by Crippen LogP contribution is 2.12. The highest BCUT2D eigenvalue weighted by atomic mass is 16.5. The molecule has 0 spiro atoms. The van der Waals surface area contributed by atoms with E-state index in [-0.39, 0.29) is 0 Å². The predicted molar refractivity (Wildman–Crippen MR) is 50.9 cm³/mol. The molecule has 0 heterocycles. The third-order valence-corrected chi connectivity index (χ3v) is 1.81. The summed E-state index contributed by atoms with van der Waals surface area (Å²) in [6.45, 7) is 5.43. The second kappa shape index (κ2) is 4.12. The zero-order valence-corrected chi connectivity index (χ0v) is 7.63. The zero-order valence-electron chi connectivity index (χ0n) is 7.63. The summed E-state index contributed by atoms with van der Waals surface area (Å²) < 4.78 is 5.27. The van der Waals surface area contributed by atoms with Gasteiger partial charge in [0, 0.05) is 12.3 Å². The predicted octanol–water partition coefficient (Wildman–Crippen LogP) is 2.11. The van der Waals surface area contributed by atoms with Crippen LogP contribution in [0.1, 0.15) is 18.1 Å². The van der Waals surface area contributed by atoms with Crippen molar-refractivity contribution < 1.29 is 4.74 Å². The first-order valence-electron chi connectivity index (χ1n) is 4.16. The standard InChI is InChI=1S/C10H15NO/c1-3-12-7-9-4-5-10(11)8(2)6-9/h4-6H,3,7,11H2,1-2H3. The lowest BCUT2D eigenvalue weighted by atomic mass is 10.1. The van der Waals surface area contributed by atoms with Gasteiger partial charge in [-0.3, -0.25) is 0 Å². The maximum Gasteiger partial charge on any atom is 0.0716 e. The van der Waals surface area contributed by atoms with Crippen molar-refractivity contribution in [3.05, 3.63) is 29.3 Å². The molecule has 0 fully saturated rings. The Morgan fingerprint density at radius 1 is 1.42 bits per heavy atom. The maximum atomic E-state index is 5.68. The van der Waals surface area contributed by atoms with Gasteiger partial charge >= 0.3 is 0 Å². The van der Waals surface area contributed by atoms with Gasteiger partial charge in [0.15, 0.2) is 0 Å². The number of ether oxygens (including phenoxy) is 1. The van der Waals surface area contributed by atoms with Gasteiger partial charge in [-0.15, -0.1) is 0 Å². The fourth-order valence-electron chi connectivity index (χ4n) is 1.05. The summed E-state index contributed by atoms with van der Waals surface area (Å²) in [5.74, 6) is 0. The third kappa shape index (κ3) is 2.24. The van der Waals surface area contributed by atoms with Gasteiger partial charge in [-0.25, -0.2) is 0 Å². The molecule has 0 saturated heterocycles. The molecular formula is C10H15NO. The smallest absolute Gasteiger partial charge is 0.0716 e. The number of nitrogens with two attached hydrogens (primary N) is 1. The molecule has 2 N–H and O–H groups in total. The lowest BCUT2D eigenvalue weighted by Crippen LogP contribution is -1.94. The van der Waals surface area contributed by atoms with Crippen molar-refractivity contribution in [3.8, 4) is 0 Å². The van der Waals surface area contributed by atoms with Crippen LogP contribution in [0, 0.1) is 6.92 Å². The van der Waals surface area contributed by atoms with E-state index in [1.807, 2.05) is 26.0 Å². The first-order chi connectivity index (χ1) is 5.74. The summed E-state index contributed by atoms with van der Waals surface area (Å²) in [6, 6.07) is 5.98. The fourth-order valence-corrected chi connectivity index (χ4v) is 1.05. The molecule has 2 nitrogen and oxygen atoms in total. The quantitative estimate of drug-likeness (QED) is 0.696. The lowest BCUT2D eigenvalue weighted by molar-refractivity contribution is 0.134. The van der Waals surface area contributed by atoms with Crippen molar-refractivity contribution in [2.75, 3.05) is 12.3 Å². The Balaban J connectivity index is 2.69. The van der Waals surface area contributed by atoms with E-state index in [4.69, 9.17) is 10.5 Å². The van der Waals surface area contributed by atoms with Crippen molar-refractivity contribution in [2.45, 2.75) is 20.5 Å². The highest BCUT2D eigenvalue weighted by Gasteiger charge is 1.95. The summed E-state index contributed by atoms with van der Waals surface area (Å²) in [4.78, 5) is 0. The minimum Gasteiger partial charge on any atom is -0.399 e. The molecule has 0 unspecified atom stereocenters. The van der Waals surface area contributed by atoms with Gasteiger partial charge in [0.1, 0.15) is 0 Å². The van der Waals surface area contributed by atoms with E-state index in [0.717, 1.165) is 17.9 Å². The summed E-state index contributed by atoms with van der Waals surface area (Å²) in [5.41, 5.74) is 8.82. The van der Waals surface area contributed by atoms with Crippen LogP contribution in [0.15, 0.2) is 18.2 Å². The number of aryl methyl sites for hydroxylation is 1. The average molecular weight is 165 g/mol. The largest absolute Gasteiger partial charge is 0.399 e. The van der Waals surface area contributed by atoms with E-state index in [0.29, 0.717) is 6.61 Å². The number of nitrogen functional groups attached to an aromatic ring is 1. The molecular weight excluding hydrogens is 150 g/mol. The number of hydrogen-bond acceptors (Lipinski definition) is 2. The summed E-state index contributed by atoms with van der Waals surface area (Å²) in [7, 11) is 0. The molecule has 0 aliphatic heterocycles. The summed E-state index contributed by atoms with van der Waals surface area (Å²) >= 11 is 0. The van der Waals surface area contributed by atoms with Gasteiger partial charge in [0.25, 0.3) is 0 Å². The molecule has 0 bridgehead atoms. The van der Waals surface area contributed by atoms with Gasteiger partial charge in [-0.2, -0.15) is 0 Å². The number of anilines is 1. The van der Waals surface area contributed by atoms with Gasteiger partial charge in [-0.1, -0.05) is 12.1 Å². The van der Waals surface area contributed by atoms with E-state index < -0.39 is 0 Å². The molecule has 1 aromatic carbocycles. The lowest BCUT2D eigenvalue weighted by Gasteiger charge is -2.04. The van der Waals surface area contributed by atoms with Crippen molar-refractivity contribution in [1.82, 2.24) is 0 Å². The van der Waals surface area contributed by atoms with Crippen LogP contribution in [0.2, 0.25) is 0 Å². The van der Waals surface area contributed by atoms with Crippen molar-refractivity contribution in [2.24, 2.45) is 0 Å².